The summed E-state index contributed by atoms with van der Waals surface area (Å²) in [6, 6.07) is 3.81. The smallest absolute Gasteiger partial charge is 0.325 e. The summed E-state index contributed by atoms with van der Waals surface area (Å²) >= 11 is 0. The molecular weight excluding hydrogens is 286 g/mol. The third-order valence-corrected chi connectivity index (χ3v) is 3.10. The maximum Gasteiger partial charge on any atom is 0.325 e. The fourth-order valence-corrected chi connectivity index (χ4v) is 1.67. The summed E-state index contributed by atoms with van der Waals surface area (Å²) in [5.74, 6) is -0.0187. The van der Waals surface area contributed by atoms with E-state index in [0.717, 1.165) is 6.42 Å². The van der Waals surface area contributed by atoms with E-state index < -0.39 is 17.9 Å². The number of rotatable bonds is 8. The van der Waals surface area contributed by atoms with E-state index in [0.29, 0.717) is 29.6 Å². The van der Waals surface area contributed by atoms with Gasteiger partial charge in [-0.1, -0.05) is 13.8 Å². The van der Waals surface area contributed by atoms with Crippen molar-refractivity contribution in [3.05, 3.63) is 23.8 Å². The van der Waals surface area contributed by atoms with E-state index in [1.807, 2.05) is 0 Å². The lowest BCUT2D eigenvalue weighted by atomic mass is 10.1. The minimum absolute atomic E-state index is 0.321. The van der Waals surface area contributed by atoms with Crippen LogP contribution >= 0.6 is 0 Å². The van der Waals surface area contributed by atoms with Crippen molar-refractivity contribution in [2.24, 2.45) is 5.92 Å². The van der Waals surface area contributed by atoms with Gasteiger partial charge in [0.2, 0.25) is 0 Å². The minimum Gasteiger partial charge on any atom is -0.493 e. The zero-order valence-corrected chi connectivity index (χ0v) is 13.4. The molecule has 0 aliphatic heterocycles. The SMILES string of the molecule is COc1cc(C(=O)N[C@H](C)C(=O)O)ccc1OCCC(C)C. The lowest BCUT2D eigenvalue weighted by Crippen LogP contribution is -2.38. The number of carboxylic acid groups (broad SMARTS) is 1. The summed E-state index contributed by atoms with van der Waals surface area (Å²) in [4.78, 5) is 22.7. The van der Waals surface area contributed by atoms with Crippen molar-refractivity contribution in [3.8, 4) is 11.5 Å². The van der Waals surface area contributed by atoms with Crippen LogP contribution in [0.3, 0.4) is 0 Å². The van der Waals surface area contributed by atoms with E-state index in [1.54, 1.807) is 12.1 Å². The van der Waals surface area contributed by atoms with Crippen LogP contribution < -0.4 is 14.8 Å². The molecule has 1 rings (SSSR count). The zero-order valence-electron chi connectivity index (χ0n) is 13.4. The van der Waals surface area contributed by atoms with Crippen molar-refractivity contribution in [1.82, 2.24) is 5.32 Å². The van der Waals surface area contributed by atoms with Crippen LogP contribution in [0.25, 0.3) is 0 Å². The van der Waals surface area contributed by atoms with E-state index in [-0.39, 0.29) is 0 Å². The molecule has 122 valence electrons. The molecule has 0 saturated heterocycles. The lowest BCUT2D eigenvalue weighted by molar-refractivity contribution is -0.138. The van der Waals surface area contributed by atoms with Crippen LogP contribution in [0.4, 0.5) is 0 Å². The summed E-state index contributed by atoms with van der Waals surface area (Å²) in [6.45, 7) is 6.19. The molecule has 0 aliphatic carbocycles. The molecule has 0 fully saturated rings. The molecule has 0 aliphatic rings. The second kappa shape index (κ2) is 8.26. The van der Waals surface area contributed by atoms with E-state index in [4.69, 9.17) is 14.6 Å². The fraction of sp³-hybridized carbons (Fsp3) is 0.500. The first-order valence-corrected chi connectivity index (χ1v) is 7.19. The quantitative estimate of drug-likeness (QED) is 0.770. The van der Waals surface area contributed by atoms with Crippen LogP contribution in [0, 0.1) is 5.92 Å². The zero-order chi connectivity index (χ0) is 16.7. The molecule has 0 saturated carbocycles. The molecule has 2 N–H and O–H groups in total. The van der Waals surface area contributed by atoms with Gasteiger partial charge < -0.3 is 19.9 Å². The Kier molecular flexibility index (Phi) is 6.69. The van der Waals surface area contributed by atoms with Gasteiger partial charge in [-0.15, -0.1) is 0 Å². The minimum atomic E-state index is -1.09. The van der Waals surface area contributed by atoms with Gasteiger partial charge >= 0.3 is 5.97 Å². The highest BCUT2D eigenvalue weighted by molar-refractivity contribution is 5.97. The first-order chi connectivity index (χ1) is 10.3. The van der Waals surface area contributed by atoms with Crippen molar-refractivity contribution < 1.29 is 24.2 Å². The molecule has 0 aromatic heterocycles. The molecule has 0 unspecified atom stereocenters. The van der Waals surface area contributed by atoms with Crippen molar-refractivity contribution in [3.63, 3.8) is 0 Å². The Bertz CT molecular complexity index is 527. The molecule has 1 atom stereocenters. The number of amides is 1. The predicted molar refractivity (Wildman–Crippen MR) is 82.5 cm³/mol. The summed E-state index contributed by atoms with van der Waals surface area (Å²) in [7, 11) is 1.49. The number of hydrogen-bond acceptors (Lipinski definition) is 4. The Morgan fingerprint density at radius 2 is 1.91 bits per heavy atom. The van der Waals surface area contributed by atoms with Gasteiger partial charge in [0.1, 0.15) is 6.04 Å². The average molecular weight is 309 g/mol. The van der Waals surface area contributed by atoms with Crippen LogP contribution in [-0.2, 0) is 4.79 Å². The molecule has 22 heavy (non-hydrogen) atoms. The molecule has 1 aromatic carbocycles. The van der Waals surface area contributed by atoms with Gasteiger partial charge in [-0.05, 0) is 37.5 Å². The van der Waals surface area contributed by atoms with Gasteiger partial charge in [-0.3, -0.25) is 9.59 Å². The van der Waals surface area contributed by atoms with Crippen molar-refractivity contribution in [2.75, 3.05) is 13.7 Å². The standard InChI is InChI=1S/C16H23NO5/c1-10(2)7-8-22-13-6-5-12(9-14(13)21-4)15(18)17-11(3)16(19)20/h5-6,9-11H,7-8H2,1-4H3,(H,17,18)(H,19,20)/t11-/m1/s1. The second-order valence-electron chi connectivity index (χ2n) is 5.43. The Hall–Kier alpha value is -2.24. The third-order valence-electron chi connectivity index (χ3n) is 3.10. The number of carbonyl (C=O) groups is 2. The molecule has 0 radical (unpaired) electrons. The Labute approximate surface area is 130 Å². The van der Waals surface area contributed by atoms with Crippen LogP contribution in [0.2, 0.25) is 0 Å². The molecule has 0 spiro atoms. The van der Waals surface area contributed by atoms with Gasteiger partial charge in [-0.25, -0.2) is 0 Å². The van der Waals surface area contributed by atoms with Gasteiger partial charge in [0.05, 0.1) is 13.7 Å². The predicted octanol–water partition coefficient (Wildman–Crippen LogP) is 2.32. The highest BCUT2D eigenvalue weighted by Crippen LogP contribution is 2.28. The van der Waals surface area contributed by atoms with E-state index in [9.17, 15) is 9.59 Å². The Balaban J connectivity index is 2.79. The second-order valence-corrected chi connectivity index (χ2v) is 5.43. The molecule has 1 aromatic rings. The van der Waals surface area contributed by atoms with E-state index in [2.05, 4.69) is 19.2 Å². The van der Waals surface area contributed by atoms with E-state index in [1.165, 1.54) is 20.1 Å². The number of benzene rings is 1. The Morgan fingerprint density at radius 1 is 1.23 bits per heavy atom. The molecule has 1 amide bonds. The van der Waals surface area contributed by atoms with Gasteiger partial charge in [0.15, 0.2) is 11.5 Å². The Morgan fingerprint density at radius 3 is 2.45 bits per heavy atom. The van der Waals surface area contributed by atoms with Gasteiger partial charge in [0.25, 0.3) is 5.91 Å². The molecular formula is C16H23NO5. The summed E-state index contributed by atoms with van der Waals surface area (Å²) in [5, 5.41) is 11.2. The first kappa shape index (κ1) is 17.8. The number of methoxy groups -OCH3 is 1. The lowest BCUT2D eigenvalue weighted by Gasteiger charge is -2.14. The highest BCUT2D eigenvalue weighted by atomic mass is 16.5. The monoisotopic (exact) mass is 309 g/mol. The fourth-order valence-electron chi connectivity index (χ4n) is 1.67. The first-order valence-electron chi connectivity index (χ1n) is 7.19. The number of hydrogen-bond donors (Lipinski definition) is 2. The summed E-state index contributed by atoms with van der Waals surface area (Å²) in [6.07, 6.45) is 0.918. The van der Waals surface area contributed by atoms with Crippen LogP contribution in [0.15, 0.2) is 18.2 Å². The normalized spacial score (nSPS) is 11.9. The topological polar surface area (TPSA) is 84.9 Å². The number of carbonyl (C=O) groups excluding carboxylic acids is 1. The number of nitrogens with one attached hydrogen (secondary N) is 1. The maximum absolute atomic E-state index is 12.0. The van der Waals surface area contributed by atoms with Crippen molar-refractivity contribution in [1.29, 1.82) is 0 Å². The molecule has 0 heterocycles. The third kappa shape index (κ3) is 5.27. The average Bonchev–Trinajstić information content (AvgIpc) is 2.46. The molecule has 6 heteroatoms. The largest absolute Gasteiger partial charge is 0.493 e. The van der Waals surface area contributed by atoms with Crippen molar-refractivity contribution >= 4 is 11.9 Å². The number of aliphatic carboxylic acids is 1. The van der Waals surface area contributed by atoms with Gasteiger partial charge in [0, 0.05) is 5.56 Å². The summed E-state index contributed by atoms with van der Waals surface area (Å²) < 4.78 is 10.9. The van der Waals surface area contributed by atoms with Crippen LogP contribution in [-0.4, -0.2) is 36.7 Å². The van der Waals surface area contributed by atoms with E-state index >= 15 is 0 Å². The van der Waals surface area contributed by atoms with Crippen molar-refractivity contribution in [2.45, 2.75) is 33.2 Å². The molecule has 0 bridgehead atoms. The molecule has 6 nitrogen and oxygen atoms in total. The van der Waals surface area contributed by atoms with Gasteiger partial charge in [-0.2, -0.15) is 0 Å². The highest BCUT2D eigenvalue weighted by Gasteiger charge is 2.17. The maximum atomic E-state index is 12.0. The van der Waals surface area contributed by atoms with Crippen LogP contribution in [0.5, 0.6) is 11.5 Å². The number of ether oxygens (including phenoxy) is 2. The number of carboxylic acids is 1. The summed E-state index contributed by atoms with van der Waals surface area (Å²) in [5.41, 5.74) is 0.321. The van der Waals surface area contributed by atoms with Crippen LogP contribution in [0.1, 0.15) is 37.6 Å².